The normalized spacial score (nSPS) is 11.2. The van der Waals surface area contributed by atoms with E-state index in [9.17, 15) is 5.26 Å². The van der Waals surface area contributed by atoms with Gasteiger partial charge in [0.05, 0.1) is 43.7 Å². The summed E-state index contributed by atoms with van der Waals surface area (Å²) in [5, 5.41) is 9.57. The van der Waals surface area contributed by atoms with Crippen molar-refractivity contribution in [1.29, 1.82) is 5.26 Å². The van der Waals surface area contributed by atoms with Gasteiger partial charge < -0.3 is 19.3 Å². The van der Waals surface area contributed by atoms with Gasteiger partial charge in [-0.05, 0) is 60.0 Å². The van der Waals surface area contributed by atoms with Gasteiger partial charge in [-0.15, -0.1) is 25.7 Å². The molecule has 5 nitrogen and oxygen atoms in total. The van der Waals surface area contributed by atoms with Gasteiger partial charge in [0.25, 0.3) is 0 Å². The fourth-order valence-corrected chi connectivity index (χ4v) is 4.97. The number of anilines is 2. The smallest absolute Gasteiger partial charge is 0.411 e. The van der Waals surface area contributed by atoms with Crippen LogP contribution >= 0.6 is 0 Å². The maximum atomic E-state index is 15.3. The predicted octanol–water partition coefficient (Wildman–Crippen LogP) is 7.39. The van der Waals surface area contributed by atoms with Crippen molar-refractivity contribution in [3.63, 3.8) is 0 Å². The van der Waals surface area contributed by atoms with E-state index in [0.717, 1.165) is 23.6 Å². The molecular weight excluding hydrogens is 620 g/mol. The van der Waals surface area contributed by atoms with Gasteiger partial charge in [0.15, 0.2) is 5.75 Å². The Morgan fingerprint density at radius 2 is 1.30 bits per heavy atom. The highest BCUT2D eigenvalue weighted by molar-refractivity contribution is 5.68. The van der Waals surface area contributed by atoms with Crippen molar-refractivity contribution in [2.75, 3.05) is 36.5 Å². The molecule has 0 aliphatic heterocycles. The molecule has 0 spiro atoms. The zero-order valence-electron chi connectivity index (χ0n) is 25.1. The van der Waals surface area contributed by atoms with E-state index in [1.165, 1.54) is 24.1 Å². The Morgan fingerprint density at radius 3 is 1.79 bits per heavy atom. The summed E-state index contributed by atoms with van der Waals surface area (Å²) in [7, 11) is 1.20. The lowest BCUT2D eigenvalue weighted by atomic mass is 9.72. The molecule has 3 aromatic carbocycles. The van der Waals surface area contributed by atoms with Crippen molar-refractivity contribution >= 4 is 11.4 Å². The quantitative estimate of drug-likeness (QED) is 0.161. The Kier molecular flexibility index (Phi) is 11.0. The summed E-state index contributed by atoms with van der Waals surface area (Å²) in [6.07, 6.45) is 9.80. The second-order valence-corrected chi connectivity index (χ2v) is 9.92. The summed E-state index contributed by atoms with van der Waals surface area (Å²) < 4.78 is 103. The molecule has 47 heavy (non-hydrogen) atoms. The maximum absolute atomic E-state index is 15.3. The van der Waals surface area contributed by atoms with Gasteiger partial charge in [0, 0.05) is 0 Å². The number of alkyl halides is 6. The van der Waals surface area contributed by atoms with Crippen LogP contribution in [0.15, 0.2) is 54.6 Å². The Bertz CT molecular complexity index is 1780. The van der Waals surface area contributed by atoms with Gasteiger partial charge in [-0.1, -0.05) is 41.9 Å². The Morgan fingerprint density at radius 1 is 0.745 bits per heavy atom. The van der Waals surface area contributed by atoms with Gasteiger partial charge in [-0.3, -0.25) is 0 Å². The molecule has 0 aliphatic carbocycles. The molecule has 0 aromatic heterocycles. The van der Waals surface area contributed by atoms with Crippen LogP contribution in [-0.2, 0) is 5.41 Å². The number of aryl methyl sites for hydroxylation is 1. The number of halogens is 6. The molecule has 0 heterocycles. The topological polar surface area (TPSA) is 48.7 Å². The van der Waals surface area contributed by atoms with Crippen LogP contribution in [-0.4, -0.2) is 39.1 Å². The molecule has 3 aromatic rings. The first-order valence-electron chi connectivity index (χ1n) is 13.5. The van der Waals surface area contributed by atoms with Crippen molar-refractivity contribution in [2.24, 2.45) is 0 Å². The van der Waals surface area contributed by atoms with E-state index in [-0.39, 0.29) is 53.8 Å². The number of hydrogen-bond acceptors (Lipinski definition) is 5. The Balaban J connectivity index is 2.47. The number of terminal acetylenes is 4. The lowest BCUT2D eigenvalue weighted by molar-refractivity contribution is -0.288. The predicted molar refractivity (Wildman–Crippen MR) is 167 cm³/mol. The largest absolute Gasteiger partial charge is 0.495 e. The van der Waals surface area contributed by atoms with Crippen LogP contribution in [0.3, 0.4) is 0 Å². The van der Waals surface area contributed by atoms with Gasteiger partial charge in [-0.2, -0.15) is 31.6 Å². The summed E-state index contributed by atoms with van der Waals surface area (Å²) in [4.78, 5) is 2.31. The molecule has 11 heteroatoms. The summed E-state index contributed by atoms with van der Waals surface area (Å²) in [5.74, 6) is 8.76. The van der Waals surface area contributed by atoms with E-state index in [4.69, 9.17) is 35.2 Å². The molecule has 0 unspecified atom stereocenters. The Hall–Kier alpha value is -5.83. The van der Waals surface area contributed by atoms with Crippen molar-refractivity contribution < 1.29 is 35.8 Å². The third kappa shape index (κ3) is 7.04. The van der Waals surface area contributed by atoms with E-state index in [1.807, 2.05) is 6.07 Å². The minimum atomic E-state index is -5.96. The second kappa shape index (κ2) is 14.5. The van der Waals surface area contributed by atoms with Gasteiger partial charge >= 0.3 is 12.4 Å². The summed E-state index contributed by atoms with van der Waals surface area (Å²) in [5.41, 5.74) is -6.81. The van der Waals surface area contributed by atoms with E-state index >= 15 is 26.3 Å². The van der Waals surface area contributed by atoms with Crippen LogP contribution in [0.1, 0.15) is 22.3 Å². The van der Waals surface area contributed by atoms with Gasteiger partial charge in [0.2, 0.25) is 5.41 Å². The summed E-state index contributed by atoms with van der Waals surface area (Å²) in [6.45, 7) is 1.91. The zero-order valence-corrected chi connectivity index (χ0v) is 25.1. The molecular formula is C36H26F6N3O2. The monoisotopic (exact) mass is 646 g/mol. The van der Waals surface area contributed by atoms with E-state index in [0.29, 0.717) is 29.8 Å². The zero-order chi connectivity index (χ0) is 35.0. The molecule has 0 bridgehead atoms. The van der Waals surface area contributed by atoms with E-state index < -0.39 is 28.9 Å². The standard InChI is InChI=1S/C36H26F6N3O2/c1-7-17-44(18-8-2)29-22-27(13-15-31(29)46-6)34(35(37,38)39,36(40,41)42)28-14-16-32(30(23-28)45(19-9-3)20-10-4)47-33-21-25(5)11-12-26(33)24-43/h1-4,11-16,19,21-23H,17-18,20H2,5-6H3. The van der Waals surface area contributed by atoms with Gasteiger partial charge in [0.1, 0.15) is 24.1 Å². The second-order valence-electron chi connectivity index (χ2n) is 9.92. The van der Waals surface area contributed by atoms with Gasteiger partial charge in [-0.25, -0.2) is 0 Å². The van der Waals surface area contributed by atoms with Crippen molar-refractivity contribution in [2.45, 2.75) is 24.7 Å². The molecule has 3 rings (SSSR count). The Labute approximate surface area is 269 Å². The first kappa shape index (κ1) is 35.6. The lowest BCUT2D eigenvalue weighted by Gasteiger charge is -2.39. The molecule has 0 fully saturated rings. The van der Waals surface area contributed by atoms with Crippen LogP contribution in [0.25, 0.3) is 0 Å². The van der Waals surface area contributed by atoms with Crippen LogP contribution in [0.4, 0.5) is 37.7 Å². The molecule has 1 radical (unpaired) electrons. The van der Waals surface area contributed by atoms with Crippen LogP contribution in [0.2, 0.25) is 0 Å². The summed E-state index contributed by atoms with van der Waals surface area (Å²) in [6, 6.07) is 11.1. The third-order valence-electron chi connectivity index (χ3n) is 7.04. The van der Waals surface area contributed by atoms with Crippen molar-refractivity contribution in [3.05, 3.63) is 83.4 Å². The fourth-order valence-electron chi connectivity index (χ4n) is 4.97. The molecule has 0 saturated heterocycles. The number of rotatable bonds is 11. The number of nitriles is 1. The molecule has 0 aliphatic rings. The molecule has 0 N–H and O–H groups in total. The molecule has 0 atom stereocenters. The van der Waals surface area contributed by atoms with Crippen LogP contribution in [0, 0.1) is 74.2 Å². The van der Waals surface area contributed by atoms with Crippen LogP contribution in [0.5, 0.6) is 17.2 Å². The van der Waals surface area contributed by atoms with Crippen LogP contribution < -0.4 is 19.3 Å². The first-order chi connectivity index (χ1) is 22.2. The minimum absolute atomic E-state index is 0.00249. The number of benzene rings is 3. The average Bonchev–Trinajstić information content (AvgIpc) is 3.00. The molecule has 239 valence electrons. The third-order valence-corrected chi connectivity index (χ3v) is 7.04. The minimum Gasteiger partial charge on any atom is -0.495 e. The van der Waals surface area contributed by atoms with E-state index in [1.54, 1.807) is 13.0 Å². The number of nitrogens with zero attached hydrogens (tertiary/aromatic N) is 3. The molecule has 0 amide bonds. The highest BCUT2D eigenvalue weighted by Crippen LogP contribution is 2.58. The average molecular weight is 647 g/mol. The highest BCUT2D eigenvalue weighted by atomic mass is 19.4. The van der Waals surface area contributed by atoms with Crippen molar-refractivity contribution in [3.8, 4) is 72.7 Å². The number of hydrogen-bond donors (Lipinski definition) is 0. The van der Waals surface area contributed by atoms with Crippen molar-refractivity contribution in [1.82, 2.24) is 0 Å². The fraction of sp³-hybridized carbons (Fsp3) is 0.222. The highest BCUT2D eigenvalue weighted by Gasteiger charge is 2.72. The first-order valence-corrected chi connectivity index (χ1v) is 13.5. The lowest BCUT2D eigenvalue weighted by Crippen LogP contribution is -2.55. The number of methoxy groups -OCH3 is 1. The SMILES string of the molecule is C#C[CH]N(CC#C)c1cc(C(c2ccc(OC)c(N(CC#C)CC#C)c2)(C(F)(F)F)C(F)(F)F)ccc1Oc1cc(C)ccc1C#N. The van der Waals surface area contributed by atoms with E-state index in [2.05, 4.69) is 23.7 Å². The number of ether oxygens (including phenoxy) is 2. The summed E-state index contributed by atoms with van der Waals surface area (Å²) >= 11 is 0. The molecule has 0 saturated carbocycles. The maximum Gasteiger partial charge on any atom is 0.411 e.